The molecule has 3 nitrogen and oxygen atoms in total. The van der Waals surface area contributed by atoms with Gasteiger partial charge in [0.05, 0.1) is 12.7 Å². The number of benzene rings is 1. The van der Waals surface area contributed by atoms with Gasteiger partial charge in [-0.05, 0) is 18.6 Å². The van der Waals surface area contributed by atoms with E-state index >= 15 is 0 Å². The highest BCUT2D eigenvalue weighted by molar-refractivity contribution is 6.30. The van der Waals surface area contributed by atoms with Gasteiger partial charge < -0.3 is 15.2 Å². The summed E-state index contributed by atoms with van der Waals surface area (Å²) in [6.45, 7) is 1.34. The van der Waals surface area contributed by atoms with Gasteiger partial charge in [0.25, 0.3) is 0 Å². The predicted molar refractivity (Wildman–Crippen MR) is 63.5 cm³/mol. The van der Waals surface area contributed by atoms with Crippen molar-refractivity contribution < 1.29 is 14.2 Å². The lowest BCUT2D eigenvalue weighted by Crippen LogP contribution is -2.46. The normalized spacial score (nSPS) is 24.9. The van der Waals surface area contributed by atoms with Gasteiger partial charge in [0.1, 0.15) is 5.82 Å². The van der Waals surface area contributed by atoms with Gasteiger partial charge >= 0.3 is 0 Å². The maximum atomic E-state index is 13.5. The van der Waals surface area contributed by atoms with Gasteiger partial charge in [-0.25, -0.2) is 4.39 Å². The summed E-state index contributed by atoms with van der Waals surface area (Å²) in [6.07, 6.45) is 0.204. The molecule has 17 heavy (non-hydrogen) atoms. The summed E-state index contributed by atoms with van der Waals surface area (Å²) in [6, 6.07) is 4.55. The summed E-state index contributed by atoms with van der Waals surface area (Å²) < 4.78 is 18.6. The molecule has 1 aromatic rings. The third-order valence-electron chi connectivity index (χ3n) is 2.90. The quantitative estimate of drug-likeness (QED) is 0.869. The van der Waals surface area contributed by atoms with Crippen LogP contribution in [-0.4, -0.2) is 30.5 Å². The third-order valence-corrected chi connectivity index (χ3v) is 3.13. The summed E-state index contributed by atoms with van der Waals surface area (Å²) in [4.78, 5) is 0. The summed E-state index contributed by atoms with van der Waals surface area (Å²) in [7, 11) is 0. The Balaban J connectivity index is 1.92. The molecular formula is C12H15ClFNO2. The van der Waals surface area contributed by atoms with E-state index < -0.39 is 6.10 Å². The van der Waals surface area contributed by atoms with Crippen molar-refractivity contribution in [2.24, 2.45) is 0 Å². The number of nitrogens with one attached hydrogen (secondary N) is 1. The smallest absolute Gasteiger partial charge is 0.129 e. The predicted octanol–water partition coefficient (Wildman–Crippen LogP) is 1.72. The third kappa shape index (κ3) is 3.39. The lowest BCUT2D eigenvalue weighted by Gasteiger charge is -2.28. The van der Waals surface area contributed by atoms with Crippen molar-refractivity contribution in [3.63, 3.8) is 0 Å². The van der Waals surface area contributed by atoms with Crippen molar-refractivity contribution >= 4 is 11.6 Å². The minimum absolute atomic E-state index is 0.0428. The van der Waals surface area contributed by atoms with E-state index in [-0.39, 0.29) is 11.9 Å². The molecule has 0 aromatic heterocycles. The van der Waals surface area contributed by atoms with Crippen LogP contribution in [0.25, 0.3) is 0 Å². The van der Waals surface area contributed by atoms with Crippen LogP contribution in [0.2, 0.25) is 5.02 Å². The molecule has 2 atom stereocenters. The first-order valence-corrected chi connectivity index (χ1v) is 5.98. The van der Waals surface area contributed by atoms with Gasteiger partial charge in [-0.1, -0.05) is 17.7 Å². The molecule has 5 heteroatoms. The van der Waals surface area contributed by atoms with Crippen LogP contribution in [0.15, 0.2) is 18.2 Å². The van der Waals surface area contributed by atoms with E-state index in [9.17, 15) is 9.50 Å². The zero-order valence-electron chi connectivity index (χ0n) is 9.33. The van der Waals surface area contributed by atoms with Crippen molar-refractivity contribution in [3.8, 4) is 0 Å². The summed E-state index contributed by atoms with van der Waals surface area (Å²) in [5, 5.41) is 13.2. The second-order valence-electron chi connectivity index (χ2n) is 4.15. The molecular weight excluding hydrogens is 245 g/mol. The van der Waals surface area contributed by atoms with E-state index in [2.05, 4.69) is 5.32 Å². The molecule has 0 unspecified atom stereocenters. The molecule has 1 saturated heterocycles. The van der Waals surface area contributed by atoms with E-state index in [0.29, 0.717) is 30.3 Å². The van der Waals surface area contributed by atoms with Crippen molar-refractivity contribution in [1.29, 1.82) is 0 Å². The first-order valence-electron chi connectivity index (χ1n) is 5.60. The molecule has 0 spiro atoms. The van der Waals surface area contributed by atoms with Crippen LogP contribution < -0.4 is 5.32 Å². The topological polar surface area (TPSA) is 41.5 Å². The number of ether oxygens (including phenoxy) is 1. The summed E-state index contributed by atoms with van der Waals surface area (Å²) in [5.41, 5.74) is 0.549. The van der Waals surface area contributed by atoms with E-state index in [1.54, 1.807) is 12.1 Å². The van der Waals surface area contributed by atoms with Crippen LogP contribution in [-0.2, 0) is 11.3 Å². The number of halogens is 2. The van der Waals surface area contributed by atoms with Crippen LogP contribution in [0.3, 0.4) is 0 Å². The summed E-state index contributed by atoms with van der Waals surface area (Å²) in [5.74, 6) is -0.327. The molecule has 0 bridgehead atoms. The zero-order valence-corrected chi connectivity index (χ0v) is 10.1. The van der Waals surface area contributed by atoms with Gasteiger partial charge in [0.15, 0.2) is 0 Å². The first-order chi connectivity index (χ1) is 8.16. The Kier molecular flexibility index (Phi) is 4.34. The molecule has 1 aliphatic heterocycles. The highest BCUT2D eigenvalue weighted by atomic mass is 35.5. The van der Waals surface area contributed by atoms with Crippen molar-refractivity contribution in [1.82, 2.24) is 5.32 Å². The highest BCUT2D eigenvalue weighted by Crippen LogP contribution is 2.15. The Morgan fingerprint density at radius 3 is 3.06 bits per heavy atom. The fourth-order valence-electron chi connectivity index (χ4n) is 1.87. The maximum Gasteiger partial charge on any atom is 0.129 e. The van der Waals surface area contributed by atoms with Gasteiger partial charge in [-0.3, -0.25) is 0 Å². The molecule has 1 aromatic carbocycles. The van der Waals surface area contributed by atoms with E-state index in [1.165, 1.54) is 6.07 Å². The molecule has 0 saturated carbocycles. The average Bonchev–Trinajstić information content (AvgIpc) is 2.30. The minimum Gasteiger partial charge on any atom is -0.389 e. The number of aliphatic hydroxyl groups is 1. The Hall–Kier alpha value is -0.680. The number of hydrogen-bond donors (Lipinski definition) is 2. The van der Waals surface area contributed by atoms with Crippen LogP contribution in [0, 0.1) is 5.82 Å². The van der Waals surface area contributed by atoms with Crippen LogP contribution >= 0.6 is 11.6 Å². The largest absolute Gasteiger partial charge is 0.389 e. The number of hydrogen-bond acceptors (Lipinski definition) is 3. The molecule has 1 fully saturated rings. The molecule has 1 heterocycles. The van der Waals surface area contributed by atoms with Gasteiger partial charge in [-0.2, -0.15) is 0 Å². The number of aliphatic hydroxyl groups excluding tert-OH is 1. The first kappa shape index (κ1) is 12.8. The lowest BCUT2D eigenvalue weighted by atomic mass is 10.1. The molecule has 0 amide bonds. The molecule has 94 valence electrons. The number of rotatable bonds is 3. The van der Waals surface area contributed by atoms with Crippen molar-refractivity contribution in [3.05, 3.63) is 34.6 Å². The standard InChI is InChI=1S/C12H15ClFNO2/c13-9-2-1-8(10(14)5-9)6-15-11-3-4-17-7-12(11)16/h1-2,5,11-12,15-16H,3-4,6-7H2/t11-,12-/m1/s1. The van der Waals surface area contributed by atoms with Gasteiger partial charge in [0, 0.05) is 29.8 Å². The monoisotopic (exact) mass is 259 g/mol. The zero-order chi connectivity index (χ0) is 12.3. The minimum atomic E-state index is -0.529. The van der Waals surface area contributed by atoms with Crippen LogP contribution in [0.4, 0.5) is 4.39 Å². The SMILES string of the molecule is O[C@@H]1COCC[C@H]1NCc1ccc(Cl)cc1F. The maximum absolute atomic E-state index is 13.5. The second kappa shape index (κ2) is 5.78. The Morgan fingerprint density at radius 1 is 1.53 bits per heavy atom. The van der Waals surface area contributed by atoms with E-state index in [4.69, 9.17) is 16.3 Å². The molecule has 2 N–H and O–H groups in total. The molecule has 0 aliphatic carbocycles. The van der Waals surface area contributed by atoms with E-state index in [0.717, 1.165) is 6.42 Å². The Labute approximate surface area is 105 Å². The Morgan fingerprint density at radius 2 is 2.35 bits per heavy atom. The molecule has 0 radical (unpaired) electrons. The van der Waals surface area contributed by atoms with Crippen molar-refractivity contribution in [2.45, 2.75) is 25.1 Å². The molecule has 1 aliphatic rings. The van der Waals surface area contributed by atoms with Crippen LogP contribution in [0.5, 0.6) is 0 Å². The highest BCUT2D eigenvalue weighted by Gasteiger charge is 2.23. The second-order valence-corrected chi connectivity index (χ2v) is 4.59. The summed E-state index contributed by atoms with van der Waals surface area (Å²) >= 11 is 5.67. The van der Waals surface area contributed by atoms with Crippen molar-refractivity contribution in [2.75, 3.05) is 13.2 Å². The lowest BCUT2D eigenvalue weighted by molar-refractivity contribution is -0.0281. The van der Waals surface area contributed by atoms with Crippen LogP contribution in [0.1, 0.15) is 12.0 Å². The van der Waals surface area contributed by atoms with Gasteiger partial charge in [-0.15, -0.1) is 0 Å². The molecule has 2 rings (SSSR count). The van der Waals surface area contributed by atoms with Gasteiger partial charge in [0.2, 0.25) is 0 Å². The fourth-order valence-corrected chi connectivity index (χ4v) is 2.03. The average molecular weight is 260 g/mol. The van der Waals surface area contributed by atoms with E-state index in [1.807, 2.05) is 0 Å². The Bertz CT molecular complexity index is 389. The fraction of sp³-hybridized carbons (Fsp3) is 0.500.